The lowest BCUT2D eigenvalue weighted by atomic mass is 9.96. The van der Waals surface area contributed by atoms with E-state index < -0.39 is 11.7 Å². The maximum absolute atomic E-state index is 12.8. The van der Waals surface area contributed by atoms with Crippen LogP contribution in [-0.4, -0.2) is 13.6 Å². The number of halogens is 3. The normalized spacial score (nSPS) is 10.5. The van der Waals surface area contributed by atoms with Gasteiger partial charge in [0.15, 0.2) is 0 Å². The van der Waals surface area contributed by atoms with E-state index in [1.165, 1.54) is 56.4 Å². The van der Waals surface area contributed by atoms with Gasteiger partial charge in [-0.1, -0.05) is 84.9 Å². The Morgan fingerprint density at radius 1 is 1.03 bits per heavy atom. The molecule has 178 valence electrons. The van der Waals surface area contributed by atoms with Gasteiger partial charge in [0, 0.05) is 0 Å². The fourth-order valence-electron chi connectivity index (χ4n) is 2.20. The molecule has 0 saturated heterocycles. The lowest BCUT2D eigenvalue weighted by Crippen LogP contribution is -2.11. The Morgan fingerprint density at radius 2 is 1.52 bits per heavy atom. The van der Waals surface area contributed by atoms with E-state index in [0.29, 0.717) is 5.56 Å². The average Bonchev–Trinajstić information content (AvgIpc) is 2.77. The number of nitrogens with zero attached hydrogens (tertiary/aromatic N) is 1. The van der Waals surface area contributed by atoms with Gasteiger partial charge in [0.25, 0.3) is 0 Å². The van der Waals surface area contributed by atoms with Crippen LogP contribution in [0.5, 0.6) is 0 Å². The molecule has 3 nitrogen and oxygen atoms in total. The van der Waals surface area contributed by atoms with Crippen molar-refractivity contribution in [1.82, 2.24) is 0 Å². The van der Waals surface area contributed by atoms with Crippen LogP contribution in [-0.2, 0) is 15.8 Å². The second-order valence-corrected chi connectivity index (χ2v) is 6.63. The first-order valence-corrected chi connectivity index (χ1v) is 10.5. The van der Waals surface area contributed by atoms with Crippen molar-refractivity contribution in [2.75, 3.05) is 0 Å². The maximum atomic E-state index is 12.8. The predicted molar refractivity (Wildman–Crippen MR) is 125 cm³/mol. The molecule has 1 rings (SSSR count). The van der Waals surface area contributed by atoms with E-state index in [2.05, 4.69) is 34.6 Å². The molecule has 0 heterocycles. The number of hydrogen-bond donors (Lipinski definition) is 0. The van der Waals surface area contributed by atoms with Gasteiger partial charge in [-0.2, -0.15) is 18.4 Å². The van der Waals surface area contributed by atoms with Crippen LogP contribution in [0.3, 0.4) is 0 Å². The molecule has 0 amide bonds. The topological polar surface area (TPSA) is 57.9 Å². The average molecular weight is 444 g/mol. The van der Waals surface area contributed by atoms with Gasteiger partial charge in [-0.05, 0) is 37.0 Å². The Hall–Kier alpha value is -2.42. The molecule has 0 N–H and O–H groups in total. The van der Waals surface area contributed by atoms with Crippen molar-refractivity contribution >= 4 is 19.7 Å². The Kier molecular flexibility index (Phi) is 27.7. The largest absolute Gasteiger partial charge is 0.418 e. The number of allylic oxidation sites excluding steroid dienone is 1. The molecule has 1 aromatic carbocycles. The number of unbranched alkanes of at least 4 members (excludes halogenated alkanes) is 1. The van der Waals surface area contributed by atoms with E-state index in [9.17, 15) is 13.2 Å². The van der Waals surface area contributed by atoms with Crippen LogP contribution < -0.4 is 0 Å². The molecular weight excluding hydrogens is 403 g/mol. The molecular formula is C25H40F3NO2. The highest BCUT2D eigenvalue weighted by molar-refractivity contribution is 5.62. The summed E-state index contributed by atoms with van der Waals surface area (Å²) in [6.45, 7) is 18.4. The van der Waals surface area contributed by atoms with Gasteiger partial charge < -0.3 is 9.59 Å². The summed E-state index contributed by atoms with van der Waals surface area (Å²) in [5, 5.41) is 8.69. The highest BCUT2D eigenvalue weighted by Crippen LogP contribution is 2.36. The predicted octanol–water partition coefficient (Wildman–Crippen LogP) is 8.19. The lowest BCUT2D eigenvalue weighted by molar-refractivity contribution is -0.138. The highest BCUT2D eigenvalue weighted by atomic mass is 19.4. The number of carbonyl (C=O) groups is 2. The second kappa shape index (κ2) is 23.9. The van der Waals surface area contributed by atoms with Crippen LogP contribution in [0.2, 0.25) is 0 Å². The molecule has 0 fully saturated rings. The third-order valence-corrected chi connectivity index (χ3v) is 4.18. The third kappa shape index (κ3) is 18.1. The van der Waals surface area contributed by atoms with Crippen molar-refractivity contribution in [2.24, 2.45) is 5.92 Å². The standard InChI is InChI=1S/C12H10F3N.C7H16.C4H10.2CH2O/c1-3-4-10-8(2)5-6-9(7-16)11(10)12(13,14)15;1-4-6-7(3)5-2;1-3-4-2;2*1-2/h3-6H,1-2H3;7H,4-6H2,1-3H3;3-4H2,1-2H3;2*1H2/b4-3-;;;;/t;7-;;;/m.1.../s1. The first kappa shape index (κ1) is 36.0. The zero-order chi connectivity index (χ0) is 25.5. The summed E-state index contributed by atoms with van der Waals surface area (Å²) >= 11 is 0. The Balaban J connectivity index is -0.000000202. The fourth-order valence-corrected chi connectivity index (χ4v) is 2.20. The maximum Gasteiger partial charge on any atom is 0.418 e. The first-order valence-electron chi connectivity index (χ1n) is 10.5. The van der Waals surface area contributed by atoms with E-state index in [1.54, 1.807) is 19.9 Å². The van der Waals surface area contributed by atoms with E-state index in [4.69, 9.17) is 14.9 Å². The van der Waals surface area contributed by atoms with E-state index in [-0.39, 0.29) is 11.1 Å². The fraction of sp³-hybridized carbons (Fsp3) is 0.560. The van der Waals surface area contributed by atoms with Crippen molar-refractivity contribution in [2.45, 2.75) is 86.7 Å². The summed E-state index contributed by atoms with van der Waals surface area (Å²) in [7, 11) is 0. The lowest BCUT2D eigenvalue weighted by Gasteiger charge is -2.14. The number of carbonyl (C=O) groups excluding carboxylic acids is 2. The molecule has 0 bridgehead atoms. The number of benzene rings is 1. The summed E-state index contributed by atoms with van der Waals surface area (Å²) in [6, 6.07) is 4.29. The Morgan fingerprint density at radius 3 is 1.77 bits per heavy atom. The van der Waals surface area contributed by atoms with Gasteiger partial charge in [0.05, 0.1) is 17.2 Å². The van der Waals surface area contributed by atoms with E-state index >= 15 is 0 Å². The van der Waals surface area contributed by atoms with Crippen molar-refractivity contribution in [3.63, 3.8) is 0 Å². The van der Waals surface area contributed by atoms with Crippen LogP contribution >= 0.6 is 0 Å². The molecule has 0 aliphatic rings. The van der Waals surface area contributed by atoms with Crippen LogP contribution in [0.25, 0.3) is 6.08 Å². The molecule has 0 unspecified atom stereocenters. The van der Waals surface area contributed by atoms with Crippen molar-refractivity contribution in [3.8, 4) is 6.07 Å². The smallest absolute Gasteiger partial charge is 0.307 e. The van der Waals surface area contributed by atoms with Gasteiger partial charge in [-0.15, -0.1) is 0 Å². The van der Waals surface area contributed by atoms with E-state index in [0.717, 1.165) is 5.92 Å². The molecule has 0 radical (unpaired) electrons. The number of alkyl halides is 3. The number of rotatable bonds is 5. The minimum absolute atomic E-state index is 0.0639. The quantitative estimate of drug-likeness (QED) is 0.461. The zero-order valence-corrected chi connectivity index (χ0v) is 20.2. The molecule has 31 heavy (non-hydrogen) atoms. The summed E-state index contributed by atoms with van der Waals surface area (Å²) in [6.07, 6.45) is 5.11. The van der Waals surface area contributed by atoms with E-state index in [1.807, 2.05) is 13.6 Å². The van der Waals surface area contributed by atoms with Gasteiger partial charge in [0.2, 0.25) is 0 Å². The molecule has 0 saturated carbocycles. The molecule has 1 atom stereocenters. The SMILES string of the molecule is C/C=C\c1c(C)ccc(C#N)c1C(F)(F)F.C=O.C=O.CCCC.CCC[C@H](C)CC. The number of hydrogen-bond acceptors (Lipinski definition) is 3. The van der Waals surface area contributed by atoms with Gasteiger partial charge in [-0.3, -0.25) is 0 Å². The minimum atomic E-state index is -4.51. The Bertz CT molecular complexity index is 616. The first-order chi connectivity index (χ1) is 14.6. The summed E-state index contributed by atoms with van der Waals surface area (Å²) in [4.78, 5) is 16.0. The van der Waals surface area contributed by atoms with Gasteiger partial charge in [0.1, 0.15) is 13.6 Å². The van der Waals surface area contributed by atoms with Crippen molar-refractivity contribution in [3.05, 3.63) is 40.5 Å². The van der Waals surface area contributed by atoms with Gasteiger partial charge in [-0.25, -0.2) is 0 Å². The molecule has 0 aliphatic heterocycles. The molecule has 6 heteroatoms. The van der Waals surface area contributed by atoms with Crippen molar-refractivity contribution in [1.29, 1.82) is 5.26 Å². The van der Waals surface area contributed by atoms with Crippen LogP contribution in [0.15, 0.2) is 18.2 Å². The second-order valence-electron chi connectivity index (χ2n) is 6.63. The molecule has 0 aliphatic carbocycles. The number of aryl methyl sites for hydroxylation is 1. The third-order valence-electron chi connectivity index (χ3n) is 4.18. The minimum Gasteiger partial charge on any atom is -0.307 e. The Labute approximate surface area is 187 Å². The van der Waals surface area contributed by atoms with Crippen LogP contribution in [0.1, 0.15) is 95.9 Å². The summed E-state index contributed by atoms with van der Waals surface area (Å²) < 4.78 is 38.4. The summed E-state index contributed by atoms with van der Waals surface area (Å²) in [5.41, 5.74) is -0.627. The number of nitriles is 1. The van der Waals surface area contributed by atoms with Crippen LogP contribution in [0, 0.1) is 24.2 Å². The monoisotopic (exact) mass is 443 g/mol. The van der Waals surface area contributed by atoms with Crippen molar-refractivity contribution < 1.29 is 22.8 Å². The molecule has 0 spiro atoms. The van der Waals surface area contributed by atoms with Crippen LogP contribution in [0.4, 0.5) is 13.2 Å². The molecule has 0 aromatic heterocycles. The highest BCUT2D eigenvalue weighted by Gasteiger charge is 2.36. The van der Waals surface area contributed by atoms with Gasteiger partial charge >= 0.3 is 6.18 Å². The molecule has 1 aromatic rings. The summed E-state index contributed by atoms with van der Waals surface area (Å²) in [5.74, 6) is 0.949. The zero-order valence-electron chi connectivity index (χ0n) is 20.2.